The summed E-state index contributed by atoms with van der Waals surface area (Å²) in [6.45, 7) is 4.38. The first kappa shape index (κ1) is 10.9. The number of Topliss-reactive ketones (excluding diaryl/α,β-unsaturated/α-hetero) is 1. The second-order valence-electron chi connectivity index (χ2n) is 2.81. The summed E-state index contributed by atoms with van der Waals surface area (Å²) < 4.78 is 1.47. The number of halogens is 1. The highest BCUT2D eigenvalue weighted by atomic mass is 35.5. The van der Waals surface area contributed by atoms with Crippen LogP contribution in [-0.2, 0) is 7.05 Å². The first-order chi connectivity index (χ1) is 6.66. The maximum atomic E-state index is 11.6. The highest BCUT2D eigenvalue weighted by Gasteiger charge is 2.14. The third-order valence-corrected chi connectivity index (χ3v) is 2.01. The molecule has 0 spiro atoms. The predicted octanol–water partition coefficient (Wildman–Crippen LogP) is 1.03. The first-order valence-electron chi connectivity index (χ1n) is 4.19. The van der Waals surface area contributed by atoms with Gasteiger partial charge in [0.05, 0.1) is 17.8 Å². The van der Waals surface area contributed by atoms with E-state index in [-0.39, 0.29) is 12.3 Å². The summed E-state index contributed by atoms with van der Waals surface area (Å²) in [5, 5.41) is 7.18. The molecule has 0 aliphatic rings. The van der Waals surface area contributed by atoms with Gasteiger partial charge in [0, 0.05) is 13.6 Å². The van der Waals surface area contributed by atoms with E-state index in [1.807, 2.05) is 0 Å². The van der Waals surface area contributed by atoms with Gasteiger partial charge in [-0.1, -0.05) is 17.7 Å². The lowest BCUT2D eigenvalue weighted by Crippen LogP contribution is -2.24. The first-order valence-corrected chi connectivity index (χ1v) is 4.57. The summed E-state index contributed by atoms with van der Waals surface area (Å²) in [5.41, 5.74) is 0.434. The quantitative estimate of drug-likeness (QED) is 0.452. The van der Waals surface area contributed by atoms with E-state index in [4.69, 9.17) is 11.6 Å². The van der Waals surface area contributed by atoms with Crippen molar-refractivity contribution < 1.29 is 4.79 Å². The van der Waals surface area contributed by atoms with Crippen LogP contribution in [0.15, 0.2) is 18.9 Å². The fraction of sp³-hybridized carbons (Fsp3) is 0.333. The van der Waals surface area contributed by atoms with Crippen LogP contribution in [0.3, 0.4) is 0 Å². The van der Waals surface area contributed by atoms with Crippen molar-refractivity contribution >= 4 is 17.4 Å². The lowest BCUT2D eigenvalue weighted by molar-refractivity contribution is 0.0983. The molecule has 0 saturated carbocycles. The summed E-state index contributed by atoms with van der Waals surface area (Å²) in [6, 6.07) is 0. The van der Waals surface area contributed by atoms with Crippen molar-refractivity contribution in [2.24, 2.45) is 7.05 Å². The Morgan fingerprint density at radius 2 is 2.57 bits per heavy atom. The van der Waals surface area contributed by atoms with Crippen LogP contribution in [0, 0.1) is 0 Å². The summed E-state index contributed by atoms with van der Waals surface area (Å²) >= 11 is 5.80. The molecule has 5 heteroatoms. The third-order valence-electron chi connectivity index (χ3n) is 1.73. The average Bonchev–Trinajstić information content (AvgIpc) is 2.46. The zero-order valence-electron chi connectivity index (χ0n) is 7.96. The van der Waals surface area contributed by atoms with E-state index in [1.165, 1.54) is 10.9 Å². The van der Waals surface area contributed by atoms with E-state index in [0.29, 0.717) is 17.3 Å². The SMILES string of the molecule is C=CCNCC(=O)c1c(Cl)cnn1C. The molecule has 0 aliphatic carbocycles. The van der Waals surface area contributed by atoms with E-state index in [0.717, 1.165) is 0 Å². The fourth-order valence-corrected chi connectivity index (χ4v) is 1.37. The standard InChI is InChI=1S/C9H12ClN3O/c1-3-4-11-6-8(14)9-7(10)5-12-13(9)2/h3,5,11H,1,4,6H2,2H3. The maximum absolute atomic E-state index is 11.6. The Balaban J connectivity index is 2.64. The van der Waals surface area contributed by atoms with Gasteiger partial charge >= 0.3 is 0 Å². The minimum atomic E-state index is -0.0724. The molecule has 0 aromatic carbocycles. The van der Waals surface area contributed by atoms with E-state index >= 15 is 0 Å². The van der Waals surface area contributed by atoms with Crippen molar-refractivity contribution in [1.29, 1.82) is 0 Å². The predicted molar refractivity (Wildman–Crippen MR) is 55.6 cm³/mol. The third kappa shape index (κ3) is 2.43. The Morgan fingerprint density at radius 3 is 3.07 bits per heavy atom. The Kier molecular flexibility index (Phi) is 3.85. The van der Waals surface area contributed by atoms with Gasteiger partial charge < -0.3 is 5.32 Å². The van der Waals surface area contributed by atoms with Crippen LogP contribution in [0.1, 0.15) is 10.5 Å². The van der Waals surface area contributed by atoms with Crippen molar-refractivity contribution in [3.05, 3.63) is 29.6 Å². The molecule has 1 heterocycles. The lowest BCUT2D eigenvalue weighted by Gasteiger charge is -2.02. The molecule has 76 valence electrons. The van der Waals surface area contributed by atoms with Gasteiger partial charge in [0.1, 0.15) is 5.69 Å². The Morgan fingerprint density at radius 1 is 1.86 bits per heavy atom. The van der Waals surface area contributed by atoms with E-state index in [9.17, 15) is 4.79 Å². The Bertz CT molecular complexity index is 326. The molecule has 0 unspecified atom stereocenters. The second kappa shape index (κ2) is 4.93. The largest absolute Gasteiger partial charge is 0.306 e. The van der Waals surface area contributed by atoms with Crippen molar-refractivity contribution in [1.82, 2.24) is 15.1 Å². The maximum Gasteiger partial charge on any atom is 0.196 e. The molecule has 1 aromatic heterocycles. The molecule has 1 rings (SSSR count). The van der Waals surface area contributed by atoms with Crippen molar-refractivity contribution in [2.45, 2.75) is 0 Å². The molecule has 1 aromatic rings. The molecule has 0 atom stereocenters. The molecule has 0 fully saturated rings. The molecule has 0 bridgehead atoms. The summed E-state index contributed by atoms with van der Waals surface area (Å²) in [6.07, 6.45) is 3.15. The number of carbonyl (C=O) groups excluding carboxylic acids is 1. The van der Waals surface area contributed by atoms with Gasteiger partial charge in [-0.2, -0.15) is 5.10 Å². The minimum Gasteiger partial charge on any atom is -0.306 e. The van der Waals surface area contributed by atoms with Crippen LogP contribution >= 0.6 is 11.6 Å². The molecule has 0 saturated heterocycles. The van der Waals surface area contributed by atoms with Gasteiger partial charge in [-0.05, 0) is 0 Å². The van der Waals surface area contributed by atoms with Crippen LogP contribution < -0.4 is 5.32 Å². The van der Waals surface area contributed by atoms with Gasteiger partial charge in [-0.3, -0.25) is 9.48 Å². The zero-order chi connectivity index (χ0) is 10.6. The number of aromatic nitrogens is 2. The number of rotatable bonds is 5. The summed E-state index contributed by atoms with van der Waals surface area (Å²) in [7, 11) is 1.69. The van der Waals surface area contributed by atoms with Gasteiger partial charge in [-0.15, -0.1) is 6.58 Å². The zero-order valence-corrected chi connectivity index (χ0v) is 8.71. The minimum absolute atomic E-state index is 0.0724. The molecule has 0 amide bonds. The van der Waals surface area contributed by atoms with E-state index < -0.39 is 0 Å². The van der Waals surface area contributed by atoms with Gasteiger partial charge in [0.25, 0.3) is 0 Å². The number of nitrogens with one attached hydrogen (secondary N) is 1. The monoisotopic (exact) mass is 213 g/mol. The number of ketones is 1. The molecular weight excluding hydrogens is 202 g/mol. The van der Waals surface area contributed by atoms with Crippen molar-refractivity contribution in [2.75, 3.05) is 13.1 Å². The normalized spacial score (nSPS) is 10.1. The number of hydrogen-bond donors (Lipinski definition) is 1. The number of carbonyl (C=O) groups is 1. The number of hydrogen-bond acceptors (Lipinski definition) is 3. The van der Waals surface area contributed by atoms with Gasteiger partial charge in [-0.25, -0.2) is 0 Å². The van der Waals surface area contributed by atoms with Crippen LogP contribution in [0.4, 0.5) is 0 Å². The van der Waals surface area contributed by atoms with Crippen LogP contribution in [0.5, 0.6) is 0 Å². The van der Waals surface area contributed by atoms with Crippen molar-refractivity contribution in [3.8, 4) is 0 Å². The van der Waals surface area contributed by atoms with Crippen molar-refractivity contribution in [3.63, 3.8) is 0 Å². The summed E-state index contributed by atoms with van der Waals surface area (Å²) in [5.74, 6) is -0.0724. The second-order valence-corrected chi connectivity index (χ2v) is 3.21. The van der Waals surface area contributed by atoms with Gasteiger partial charge in [0.15, 0.2) is 5.78 Å². The molecule has 0 aliphatic heterocycles. The topological polar surface area (TPSA) is 46.9 Å². The Hall–Kier alpha value is -1.13. The smallest absolute Gasteiger partial charge is 0.196 e. The summed E-state index contributed by atoms with van der Waals surface area (Å²) in [4.78, 5) is 11.6. The number of nitrogens with zero attached hydrogens (tertiary/aromatic N) is 2. The van der Waals surface area contributed by atoms with E-state index in [1.54, 1.807) is 13.1 Å². The van der Waals surface area contributed by atoms with E-state index in [2.05, 4.69) is 17.0 Å². The average molecular weight is 214 g/mol. The van der Waals surface area contributed by atoms with Crippen LogP contribution in [0.2, 0.25) is 5.02 Å². The molecular formula is C9H12ClN3O. The molecule has 14 heavy (non-hydrogen) atoms. The van der Waals surface area contributed by atoms with Crippen LogP contribution in [0.25, 0.3) is 0 Å². The molecule has 0 radical (unpaired) electrons. The highest BCUT2D eigenvalue weighted by molar-refractivity contribution is 6.33. The van der Waals surface area contributed by atoms with Crippen LogP contribution in [-0.4, -0.2) is 28.7 Å². The Labute approximate surface area is 87.6 Å². The fourth-order valence-electron chi connectivity index (χ4n) is 1.10. The number of aryl methyl sites for hydroxylation is 1. The molecule has 1 N–H and O–H groups in total. The highest BCUT2D eigenvalue weighted by Crippen LogP contribution is 2.13. The van der Waals surface area contributed by atoms with Gasteiger partial charge in [0.2, 0.25) is 0 Å². The molecule has 4 nitrogen and oxygen atoms in total. The lowest BCUT2D eigenvalue weighted by atomic mass is 10.3.